The summed E-state index contributed by atoms with van der Waals surface area (Å²) < 4.78 is 12.9. The zero-order chi connectivity index (χ0) is 16.7. The Morgan fingerprint density at radius 1 is 1.30 bits per heavy atom. The van der Waals surface area contributed by atoms with Gasteiger partial charge in [0.2, 0.25) is 0 Å². The molecule has 23 heavy (non-hydrogen) atoms. The van der Waals surface area contributed by atoms with Crippen molar-refractivity contribution in [1.29, 1.82) is 0 Å². The van der Waals surface area contributed by atoms with Crippen molar-refractivity contribution >= 4 is 6.03 Å². The van der Waals surface area contributed by atoms with Crippen LogP contribution in [0.15, 0.2) is 24.3 Å². The minimum absolute atomic E-state index is 0.00387. The van der Waals surface area contributed by atoms with Crippen LogP contribution in [0.25, 0.3) is 0 Å². The number of rotatable bonds is 6. The number of unbranched alkanes of at least 4 members (excludes halogenated alkanes) is 2. The van der Waals surface area contributed by atoms with E-state index in [1.54, 1.807) is 12.1 Å². The van der Waals surface area contributed by atoms with Gasteiger partial charge >= 0.3 is 6.03 Å². The van der Waals surface area contributed by atoms with E-state index in [2.05, 4.69) is 12.2 Å². The van der Waals surface area contributed by atoms with E-state index >= 15 is 0 Å². The molecule has 1 heterocycles. The summed E-state index contributed by atoms with van der Waals surface area (Å²) in [6.45, 7) is 4.18. The van der Waals surface area contributed by atoms with Crippen LogP contribution in [0.3, 0.4) is 0 Å². The molecule has 1 aliphatic rings. The third-order valence-electron chi connectivity index (χ3n) is 4.54. The maximum absolute atomic E-state index is 12.9. The fourth-order valence-corrected chi connectivity index (χ4v) is 3.03. The van der Waals surface area contributed by atoms with Crippen LogP contribution in [0.1, 0.15) is 50.7 Å². The molecule has 1 atom stereocenters. The molecule has 2 amide bonds. The van der Waals surface area contributed by atoms with Gasteiger partial charge in [-0.2, -0.15) is 0 Å². The second-order valence-corrected chi connectivity index (χ2v) is 6.26. The van der Waals surface area contributed by atoms with Crippen LogP contribution in [-0.2, 0) is 0 Å². The summed E-state index contributed by atoms with van der Waals surface area (Å²) in [6.07, 6.45) is 4.23. The van der Waals surface area contributed by atoms with Gasteiger partial charge in [-0.15, -0.1) is 0 Å². The minimum atomic E-state index is -0.592. The Kier molecular flexibility index (Phi) is 6.84. The Balaban J connectivity index is 1.76. The van der Waals surface area contributed by atoms with E-state index in [1.165, 1.54) is 12.1 Å². The van der Waals surface area contributed by atoms with E-state index in [0.717, 1.165) is 44.2 Å². The molecule has 1 unspecified atom stereocenters. The molecule has 1 aromatic rings. The average molecular weight is 322 g/mol. The lowest BCUT2D eigenvalue weighted by molar-refractivity contribution is 0.0665. The SMILES string of the molecule is CCCCCNC(=O)N1CCC(C(O)c2ccc(F)cc2)CC1. The molecule has 2 rings (SSSR count). The number of hydrogen-bond donors (Lipinski definition) is 2. The number of nitrogens with zero attached hydrogens (tertiary/aromatic N) is 1. The van der Waals surface area contributed by atoms with Gasteiger partial charge in [-0.3, -0.25) is 0 Å². The number of carbonyl (C=O) groups excluding carboxylic acids is 1. The van der Waals surface area contributed by atoms with E-state index < -0.39 is 6.10 Å². The van der Waals surface area contributed by atoms with Crippen molar-refractivity contribution < 1.29 is 14.3 Å². The molecule has 0 bridgehead atoms. The van der Waals surface area contributed by atoms with Crippen molar-refractivity contribution in [3.8, 4) is 0 Å². The third kappa shape index (κ3) is 5.20. The predicted molar refractivity (Wildman–Crippen MR) is 88.6 cm³/mol. The van der Waals surface area contributed by atoms with Crippen molar-refractivity contribution in [1.82, 2.24) is 10.2 Å². The Morgan fingerprint density at radius 2 is 1.96 bits per heavy atom. The zero-order valence-electron chi connectivity index (χ0n) is 13.8. The Morgan fingerprint density at radius 3 is 2.57 bits per heavy atom. The monoisotopic (exact) mass is 322 g/mol. The van der Waals surface area contributed by atoms with Gasteiger partial charge in [-0.05, 0) is 42.9 Å². The number of piperidine rings is 1. The number of likely N-dealkylation sites (tertiary alicyclic amines) is 1. The van der Waals surface area contributed by atoms with Crippen molar-refractivity contribution in [3.63, 3.8) is 0 Å². The zero-order valence-corrected chi connectivity index (χ0v) is 13.8. The molecule has 0 aromatic heterocycles. The van der Waals surface area contributed by atoms with Gasteiger partial charge in [0.1, 0.15) is 5.82 Å². The number of hydrogen-bond acceptors (Lipinski definition) is 2. The van der Waals surface area contributed by atoms with Crippen LogP contribution in [0, 0.1) is 11.7 Å². The van der Waals surface area contributed by atoms with Gasteiger partial charge in [0, 0.05) is 19.6 Å². The first-order valence-electron chi connectivity index (χ1n) is 8.58. The van der Waals surface area contributed by atoms with Crippen LogP contribution >= 0.6 is 0 Å². The molecule has 0 radical (unpaired) electrons. The number of carbonyl (C=O) groups is 1. The maximum Gasteiger partial charge on any atom is 0.317 e. The van der Waals surface area contributed by atoms with Crippen LogP contribution < -0.4 is 5.32 Å². The number of nitrogens with one attached hydrogen (secondary N) is 1. The Labute approximate surface area is 137 Å². The molecule has 0 aliphatic carbocycles. The van der Waals surface area contributed by atoms with E-state index in [4.69, 9.17) is 0 Å². The highest BCUT2D eigenvalue weighted by molar-refractivity contribution is 5.74. The molecule has 128 valence electrons. The second-order valence-electron chi connectivity index (χ2n) is 6.26. The molecule has 5 heteroatoms. The summed E-state index contributed by atoms with van der Waals surface area (Å²) in [4.78, 5) is 13.9. The lowest BCUT2D eigenvalue weighted by atomic mass is 9.87. The van der Waals surface area contributed by atoms with Crippen molar-refractivity contribution in [3.05, 3.63) is 35.6 Å². The summed E-state index contributed by atoms with van der Waals surface area (Å²) in [7, 11) is 0. The van der Waals surface area contributed by atoms with Crippen molar-refractivity contribution in [2.24, 2.45) is 5.92 Å². The number of halogens is 1. The fraction of sp³-hybridized carbons (Fsp3) is 0.611. The van der Waals surface area contributed by atoms with E-state index in [9.17, 15) is 14.3 Å². The van der Waals surface area contributed by atoms with Crippen molar-refractivity contribution in [2.75, 3.05) is 19.6 Å². The topological polar surface area (TPSA) is 52.6 Å². The van der Waals surface area contributed by atoms with E-state index in [-0.39, 0.29) is 17.8 Å². The van der Waals surface area contributed by atoms with Gasteiger partial charge in [0.15, 0.2) is 0 Å². The summed E-state index contributed by atoms with van der Waals surface area (Å²) in [5.41, 5.74) is 0.744. The first-order valence-corrected chi connectivity index (χ1v) is 8.58. The van der Waals surface area contributed by atoms with E-state index in [0.29, 0.717) is 13.1 Å². The average Bonchev–Trinajstić information content (AvgIpc) is 2.59. The molecular formula is C18H27FN2O2. The summed E-state index contributed by atoms with van der Waals surface area (Å²) in [5, 5.41) is 13.4. The van der Waals surface area contributed by atoms with Crippen LogP contribution in [0.5, 0.6) is 0 Å². The second kappa shape index (κ2) is 8.87. The smallest absolute Gasteiger partial charge is 0.317 e. The first-order chi connectivity index (χ1) is 11.1. The molecule has 0 spiro atoms. The Hall–Kier alpha value is -1.62. The van der Waals surface area contributed by atoms with Crippen LogP contribution in [-0.4, -0.2) is 35.7 Å². The normalized spacial score (nSPS) is 17.1. The third-order valence-corrected chi connectivity index (χ3v) is 4.54. The van der Waals surface area contributed by atoms with Gasteiger partial charge in [-0.25, -0.2) is 9.18 Å². The molecule has 1 fully saturated rings. The van der Waals surface area contributed by atoms with Crippen LogP contribution in [0.4, 0.5) is 9.18 Å². The number of amides is 2. The Bertz CT molecular complexity index is 484. The van der Waals surface area contributed by atoms with E-state index in [1.807, 2.05) is 4.90 Å². The largest absolute Gasteiger partial charge is 0.388 e. The lowest BCUT2D eigenvalue weighted by Crippen LogP contribution is -2.45. The molecular weight excluding hydrogens is 295 g/mol. The fourth-order valence-electron chi connectivity index (χ4n) is 3.03. The number of aliphatic hydroxyl groups excluding tert-OH is 1. The molecule has 0 saturated carbocycles. The lowest BCUT2D eigenvalue weighted by Gasteiger charge is -2.34. The summed E-state index contributed by atoms with van der Waals surface area (Å²) in [5.74, 6) is -0.180. The quantitative estimate of drug-likeness (QED) is 0.788. The van der Waals surface area contributed by atoms with Crippen molar-refractivity contribution in [2.45, 2.75) is 45.1 Å². The molecule has 1 aromatic carbocycles. The predicted octanol–water partition coefficient (Wildman–Crippen LogP) is 3.47. The van der Waals surface area contributed by atoms with Gasteiger partial charge in [0.05, 0.1) is 6.10 Å². The summed E-state index contributed by atoms with van der Waals surface area (Å²) >= 11 is 0. The minimum Gasteiger partial charge on any atom is -0.388 e. The molecule has 2 N–H and O–H groups in total. The number of urea groups is 1. The number of benzene rings is 1. The summed E-state index contributed by atoms with van der Waals surface area (Å²) in [6, 6.07) is 6.00. The molecule has 4 nitrogen and oxygen atoms in total. The first kappa shape index (κ1) is 17.7. The maximum atomic E-state index is 12.9. The van der Waals surface area contributed by atoms with Gasteiger partial charge in [-0.1, -0.05) is 31.9 Å². The molecule has 1 saturated heterocycles. The highest BCUT2D eigenvalue weighted by Gasteiger charge is 2.28. The highest BCUT2D eigenvalue weighted by atomic mass is 19.1. The molecule has 1 aliphatic heterocycles. The number of aliphatic hydroxyl groups is 1. The van der Waals surface area contributed by atoms with Gasteiger partial charge < -0.3 is 15.3 Å². The standard InChI is InChI=1S/C18H27FN2O2/c1-2-3-4-11-20-18(23)21-12-9-15(10-13-21)17(22)14-5-7-16(19)8-6-14/h5-8,15,17,22H,2-4,9-13H2,1H3,(H,20,23). The highest BCUT2D eigenvalue weighted by Crippen LogP contribution is 2.30. The van der Waals surface area contributed by atoms with Crippen LogP contribution in [0.2, 0.25) is 0 Å². The van der Waals surface area contributed by atoms with Gasteiger partial charge in [0.25, 0.3) is 0 Å².